The molecule has 1 aromatic heterocycles. The summed E-state index contributed by atoms with van der Waals surface area (Å²) in [5.41, 5.74) is 3.21. The molecule has 0 bridgehead atoms. The molecule has 0 aliphatic heterocycles. The number of fused-ring (bicyclic) bond motifs is 1. The Bertz CT molecular complexity index is 951. The number of aryl methyl sites for hydroxylation is 1. The number of sulfonamides is 1. The molecule has 0 aliphatic carbocycles. The van der Waals surface area contributed by atoms with Crippen LogP contribution in [0, 0.1) is 6.92 Å². The number of hydrogen-bond donors (Lipinski definition) is 2. The molecule has 0 saturated heterocycles. The van der Waals surface area contributed by atoms with Crippen molar-refractivity contribution in [3.63, 3.8) is 0 Å². The van der Waals surface area contributed by atoms with E-state index in [1.54, 1.807) is 24.3 Å². The molecule has 7 heteroatoms. The van der Waals surface area contributed by atoms with Crippen LogP contribution in [0.25, 0.3) is 11.0 Å². The van der Waals surface area contributed by atoms with Crippen LogP contribution in [0.15, 0.2) is 42.5 Å². The van der Waals surface area contributed by atoms with Gasteiger partial charge in [-0.1, -0.05) is 35.9 Å². The van der Waals surface area contributed by atoms with Gasteiger partial charge in [-0.05, 0) is 36.2 Å². The standard InChI is InChI=1S/C16H16ClN3O2S/c1-11-19-15-7-6-12(8-16(15)20-11)9-18-23(21,22)10-13-4-2-3-5-14(13)17/h2-8,18H,9-10H2,1H3,(H,19,20). The summed E-state index contributed by atoms with van der Waals surface area (Å²) in [5.74, 6) is 0.689. The van der Waals surface area contributed by atoms with Crippen LogP contribution in [0.1, 0.15) is 17.0 Å². The first-order valence-corrected chi connectivity index (χ1v) is 9.12. The van der Waals surface area contributed by atoms with Gasteiger partial charge in [-0.2, -0.15) is 0 Å². The normalized spacial score (nSPS) is 11.9. The average Bonchev–Trinajstić information content (AvgIpc) is 2.87. The molecule has 0 radical (unpaired) electrons. The van der Waals surface area contributed by atoms with Gasteiger partial charge in [-0.25, -0.2) is 18.1 Å². The third kappa shape index (κ3) is 3.90. The number of nitrogens with one attached hydrogen (secondary N) is 2. The number of halogens is 1. The monoisotopic (exact) mass is 349 g/mol. The van der Waals surface area contributed by atoms with Crippen LogP contribution in [0.3, 0.4) is 0 Å². The van der Waals surface area contributed by atoms with Crippen LogP contribution < -0.4 is 4.72 Å². The van der Waals surface area contributed by atoms with Gasteiger partial charge in [-0.3, -0.25) is 0 Å². The topological polar surface area (TPSA) is 74.8 Å². The first-order chi connectivity index (χ1) is 10.9. The van der Waals surface area contributed by atoms with Crippen molar-refractivity contribution >= 4 is 32.7 Å². The maximum absolute atomic E-state index is 12.2. The van der Waals surface area contributed by atoms with Crippen molar-refractivity contribution in [1.82, 2.24) is 14.7 Å². The molecule has 23 heavy (non-hydrogen) atoms. The summed E-state index contributed by atoms with van der Waals surface area (Å²) >= 11 is 6.01. The minimum absolute atomic E-state index is 0.141. The van der Waals surface area contributed by atoms with E-state index in [2.05, 4.69) is 14.7 Å². The molecular formula is C16H16ClN3O2S. The van der Waals surface area contributed by atoms with Crippen LogP contribution in [0.5, 0.6) is 0 Å². The Hall–Kier alpha value is -1.89. The number of aromatic nitrogens is 2. The zero-order chi connectivity index (χ0) is 16.4. The molecule has 3 rings (SSSR count). The van der Waals surface area contributed by atoms with E-state index in [0.29, 0.717) is 10.6 Å². The number of hydrogen-bond acceptors (Lipinski definition) is 3. The van der Waals surface area contributed by atoms with Crippen molar-refractivity contribution in [3.8, 4) is 0 Å². The zero-order valence-electron chi connectivity index (χ0n) is 12.5. The Balaban J connectivity index is 1.71. The Morgan fingerprint density at radius 1 is 1.22 bits per heavy atom. The fourth-order valence-electron chi connectivity index (χ4n) is 2.36. The van der Waals surface area contributed by atoms with E-state index in [4.69, 9.17) is 11.6 Å². The Labute approximate surface area is 139 Å². The molecule has 0 unspecified atom stereocenters. The number of benzene rings is 2. The second kappa shape index (κ2) is 6.31. The SMILES string of the molecule is Cc1nc2ccc(CNS(=O)(=O)Cc3ccccc3Cl)cc2[nH]1. The van der Waals surface area contributed by atoms with E-state index in [-0.39, 0.29) is 12.3 Å². The predicted molar refractivity (Wildman–Crippen MR) is 91.7 cm³/mol. The van der Waals surface area contributed by atoms with E-state index >= 15 is 0 Å². The number of imidazole rings is 1. The van der Waals surface area contributed by atoms with Crippen molar-refractivity contribution in [2.24, 2.45) is 0 Å². The van der Waals surface area contributed by atoms with Crippen LogP contribution in [-0.4, -0.2) is 18.4 Å². The Morgan fingerprint density at radius 2 is 2.00 bits per heavy atom. The lowest BCUT2D eigenvalue weighted by Crippen LogP contribution is -2.24. The maximum Gasteiger partial charge on any atom is 0.216 e. The van der Waals surface area contributed by atoms with Crippen molar-refractivity contribution < 1.29 is 8.42 Å². The average molecular weight is 350 g/mol. The molecule has 0 saturated carbocycles. The highest BCUT2D eigenvalue weighted by Crippen LogP contribution is 2.18. The van der Waals surface area contributed by atoms with Gasteiger partial charge in [0.05, 0.1) is 16.8 Å². The maximum atomic E-state index is 12.2. The molecule has 0 aliphatic rings. The van der Waals surface area contributed by atoms with Gasteiger partial charge in [0.1, 0.15) is 5.82 Å². The molecule has 2 aromatic carbocycles. The van der Waals surface area contributed by atoms with Gasteiger partial charge < -0.3 is 4.98 Å². The first kappa shape index (κ1) is 16.0. The second-order valence-electron chi connectivity index (χ2n) is 5.35. The first-order valence-electron chi connectivity index (χ1n) is 7.09. The molecular weight excluding hydrogens is 334 g/mol. The van der Waals surface area contributed by atoms with Crippen molar-refractivity contribution in [1.29, 1.82) is 0 Å². The minimum Gasteiger partial charge on any atom is -0.342 e. The Morgan fingerprint density at radius 3 is 2.78 bits per heavy atom. The third-order valence-electron chi connectivity index (χ3n) is 3.46. The van der Waals surface area contributed by atoms with Crippen molar-refractivity contribution in [3.05, 3.63) is 64.4 Å². The number of aromatic amines is 1. The molecule has 0 amide bonds. The number of rotatable bonds is 5. The fraction of sp³-hybridized carbons (Fsp3) is 0.188. The molecule has 0 spiro atoms. The summed E-state index contributed by atoms with van der Waals surface area (Å²) in [6.45, 7) is 2.10. The molecule has 120 valence electrons. The number of nitrogens with zero attached hydrogens (tertiary/aromatic N) is 1. The quantitative estimate of drug-likeness (QED) is 0.743. The van der Waals surface area contributed by atoms with Gasteiger partial charge in [0.15, 0.2) is 0 Å². The fourth-order valence-corrected chi connectivity index (χ4v) is 3.79. The highest BCUT2D eigenvalue weighted by molar-refractivity contribution is 7.88. The molecule has 1 heterocycles. The van der Waals surface area contributed by atoms with E-state index in [1.807, 2.05) is 25.1 Å². The van der Waals surface area contributed by atoms with E-state index < -0.39 is 10.0 Å². The van der Waals surface area contributed by atoms with E-state index in [1.165, 1.54) is 0 Å². The van der Waals surface area contributed by atoms with Crippen molar-refractivity contribution in [2.75, 3.05) is 0 Å². The lowest BCUT2D eigenvalue weighted by Gasteiger charge is -2.08. The van der Waals surface area contributed by atoms with Gasteiger partial charge in [0.25, 0.3) is 0 Å². The largest absolute Gasteiger partial charge is 0.342 e. The highest BCUT2D eigenvalue weighted by atomic mass is 35.5. The molecule has 3 aromatic rings. The summed E-state index contributed by atoms with van der Waals surface area (Å²) in [6.07, 6.45) is 0. The molecule has 0 atom stereocenters. The van der Waals surface area contributed by atoms with Gasteiger partial charge in [0, 0.05) is 11.6 Å². The minimum atomic E-state index is -3.46. The van der Waals surface area contributed by atoms with Crippen LogP contribution in [-0.2, 0) is 22.3 Å². The van der Waals surface area contributed by atoms with Gasteiger partial charge >= 0.3 is 0 Å². The van der Waals surface area contributed by atoms with E-state index in [9.17, 15) is 8.42 Å². The summed E-state index contributed by atoms with van der Waals surface area (Å²) in [5, 5.41) is 0.451. The summed E-state index contributed by atoms with van der Waals surface area (Å²) < 4.78 is 27.0. The van der Waals surface area contributed by atoms with Crippen LogP contribution in [0.2, 0.25) is 5.02 Å². The second-order valence-corrected chi connectivity index (χ2v) is 7.56. The third-order valence-corrected chi connectivity index (χ3v) is 5.11. The smallest absolute Gasteiger partial charge is 0.216 e. The number of H-pyrrole nitrogens is 1. The molecule has 0 fully saturated rings. The summed E-state index contributed by atoms with van der Waals surface area (Å²) in [6, 6.07) is 12.6. The van der Waals surface area contributed by atoms with Crippen LogP contribution in [0.4, 0.5) is 0 Å². The summed E-state index contributed by atoms with van der Waals surface area (Å²) in [7, 11) is -3.46. The highest BCUT2D eigenvalue weighted by Gasteiger charge is 2.13. The van der Waals surface area contributed by atoms with Gasteiger partial charge in [-0.15, -0.1) is 0 Å². The predicted octanol–water partition coefficient (Wildman–Crippen LogP) is 3.14. The zero-order valence-corrected chi connectivity index (χ0v) is 14.1. The summed E-state index contributed by atoms with van der Waals surface area (Å²) in [4.78, 5) is 7.46. The van der Waals surface area contributed by atoms with Crippen LogP contribution >= 0.6 is 11.6 Å². The lowest BCUT2D eigenvalue weighted by atomic mass is 10.2. The lowest BCUT2D eigenvalue weighted by molar-refractivity contribution is 0.580. The molecule has 2 N–H and O–H groups in total. The van der Waals surface area contributed by atoms with Gasteiger partial charge in [0.2, 0.25) is 10.0 Å². The van der Waals surface area contributed by atoms with Crippen molar-refractivity contribution in [2.45, 2.75) is 19.2 Å². The Kier molecular flexibility index (Phi) is 4.39. The van der Waals surface area contributed by atoms with E-state index in [0.717, 1.165) is 22.4 Å². The molecule has 5 nitrogen and oxygen atoms in total.